The molecule has 6 heteroatoms. The Kier molecular flexibility index (Phi) is 17.0. The summed E-state index contributed by atoms with van der Waals surface area (Å²) in [5, 5.41) is 4.48. The summed E-state index contributed by atoms with van der Waals surface area (Å²) < 4.78 is 12.4. The molecule has 16 aromatic carbocycles. The highest BCUT2D eigenvalue weighted by Crippen LogP contribution is 2.44. The summed E-state index contributed by atoms with van der Waals surface area (Å²) in [4.78, 5) is 9.19. The Bertz CT molecular complexity index is 5810. The van der Waals surface area contributed by atoms with E-state index in [2.05, 4.69) is 408 Å². The summed E-state index contributed by atoms with van der Waals surface area (Å²) in [5.74, 6) is 0. The van der Waals surface area contributed by atoms with Crippen molar-refractivity contribution in [3.8, 4) is 44.5 Å². The molecule has 0 unspecified atom stereocenters. The maximum absolute atomic E-state index is 6.27. The molecule has 0 amide bonds. The fourth-order valence-electron chi connectivity index (χ4n) is 13.9. The van der Waals surface area contributed by atoms with Crippen LogP contribution in [0.5, 0.6) is 0 Å². The van der Waals surface area contributed by atoms with Gasteiger partial charge in [0, 0.05) is 95.9 Å². The average molecular weight is 1310 g/mol. The second kappa shape index (κ2) is 28.0. The molecule has 0 atom stereocenters. The lowest BCUT2D eigenvalue weighted by atomic mass is 10.0. The van der Waals surface area contributed by atoms with Gasteiger partial charge in [-0.15, -0.1) is 0 Å². The van der Waals surface area contributed by atoms with E-state index in [9.17, 15) is 0 Å². The van der Waals surface area contributed by atoms with Crippen LogP contribution in [0.1, 0.15) is 0 Å². The maximum Gasteiger partial charge on any atom is 0.137 e. The molecule has 18 rings (SSSR count). The molecule has 0 spiro atoms. The Morgan fingerprint density at radius 2 is 0.333 bits per heavy atom. The third-order valence-corrected chi connectivity index (χ3v) is 18.9. The first-order chi connectivity index (χ1) is 50.6. The van der Waals surface area contributed by atoms with Crippen molar-refractivity contribution in [1.82, 2.24) is 0 Å². The fourth-order valence-corrected chi connectivity index (χ4v) is 13.9. The van der Waals surface area contributed by atoms with Crippen molar-refractivity contribution >= 4 is 112 Å². The molecular weight excluding hydrogens is 1240 g/mol. The van der Waals surface area contributed by atoms with Gasteiger partial charge in [0.05, 0.1) is 0 Å². The van der Waals surface area contributed by atoms with Crippen LogP contribution in [-0.2, 0) is 0 Å². The van der Waals surface area contributed by atoms with Gasteiger partial charge in [-0.1, -0.05) is 243 Å². The number of anilines is 12. The van der Waals surface area contributed by atoms with Crippen molar-refractivity contribution in [3.05, 3.63) is 413 Å². The van der Waals surface area contributed by atoms with E-state index in [0.717, 1.165) is 134 Å². The molecule has 102 heavy (non-hydrogen) atoms. The molecule has 0 saturated heterocycles. The van der Waals surface area contributed by atoms with E-state index in [-0.39, 0.29) is 0 Å². The number of para-hydroxylation sites is 6. The van der Waals surface area contributed by atoms with Crippen molar-refractivity contribution in [2.45, 2.75) is 0 Å². The first kappa shape index (κ1) is 61.9. The van der Waals surface area contributed by atoms with Crippen LogP contribution in [-0.4, -0.2) is 0 Å². The molecule has 2 aromatic heterocycles. The van der Waals surface area contributed by atoms with Gasteiger partial charge in [-0.3, -0.25) is 0 Å². The highest BCUT2D eigenvalue weighted by Gasteiger charge is 2.20. The summed E-state index contributed by atoms with van der Waals surface area (Å²) in [6.45, 7) is 0. The third kappa shape index (κ3) is 12.7. The second-order valence-corrected chi connectivity index (χ2v) is 25.3. The highest BCUT2D eigenvalue weighted by molar-refractivity contribution is 6.07. The molecular formula is C96H68N4O2. The van der Waals surface area contributed by atoms with Gasteiger partial charge in [0.25, 0.3) is 0 Å². The predicted octanol–water partition coefficient (Wildman–Crippen LogP) is 27.7. The number of hydrogen-bond donors (Lipinski definition) is 0. The van der Waals surface area contributed by atoms with Crippen LogP contribution in [0.2, 0.25) is 0 Å². The normalized spacial score (nSPS) is 11.1. The molecule has 0 aliphatic heterocycles. The summed E-state index contributed by atoms with van der Waals surface area (Å²) in [6, 6.07) is 145. The highest BCUT2D eigenvalue weighted by atomic mass is 16.3. The van der Waals surface area contributed by atoms with Gasteiger partial charge in [-0.2, -0.15) is 0 Å². The fraction of sp³-hybridized carbons (Fsp3) is 0. The van der Waals surface area contributed by atoms with Crippen molar-refractivity contribution in [3.63, 3.8) is 0 Å². The number of benzene rings is 16. The van der Waals surface area contributed by atoms with Crippen LogP contribution in [0, 0.1) is 0 Å². The minimum atomic E-state index is 0.878. The second-order valence-electron chi connectivity index (χ2n) is 25.3. The lowest BCUT2D eigenvalue weighted by molar-refractivity contribution is 0.668. The lowest BCUT2D eigenvalue weighted by Gasteiger charge is -2.26. The van der Waals surface area contributed by atoms with E-state index in [1.807, 2.05) is 24.3 Å². The first-order valence-corrected chi connectivity index (χ1v) is 34.5. The summed E-state index contributed by atoms with van der Waals surface area (Å²) in [7, 11) is 0. The first-order valence-electron chi connectivity index (χ1n) is 34.5. The number of furan rings is 2. The van der Waals surface area contributed by atoms with Crippen molar-refractivity contribution in [1.29, 1.82) is 0 Å². The summed E-state index contributed by atoms with van der Waals surface area (Å²) >= 11 is 0. The SMILES string of the molecule is c1ccc(-c2ccc(N(c3ccccc3)c3ccc(-c4ccc(N(c5ccccc5)c5ccc6c(c5)oc5ccccc56)cc4)cc3)cc2)cc1.c1ccc(-c2ccc(N(c3ccccc3)c3ccc(-c4ccc(N(c5ccccc5)c5ccc6oc7ccccc7c6c5)cc4)cc3)cc2)cc1. The van der Waals surface area contributed by atoms with Gasteiger partial charge in [0.1, 0.15) is 22.3 Å². The molecule has 0 aliphatic carbocycles. The van der Waals surface area contributed by atoms with Crippen molar-refractivity contribution in [2.75, 3.05) is 19.6 Å². The van der Waals surface area contributed by atoms with Gasteiger partial charge in [0.2, 0.25) is 0 Å². The van der Waals surface area contributed by atoms with Crippen molar-refractivity contribution in [2.24, 2.45) is 0 Å². The van der Waals surface area contributed by atoms with Crippen LogP contribution in [0.3, 0.4) is 0 Å². The Morgan fingerprint density at radius 1 is 0.127 bits per heavy atom. The van der Waals surface area contributed by atoms with E-state index >= 15 is 0 Å². The van der Waals surface area contributed by atoms with Gasteiger partial charge in [0.15, 0.2) is 0 Å². The monoisotopic (exact) mass is 1310 g/mol. The molecule has 0 bridgehead atoms. The summed E-state index contributed by atoms with van der Waals surface area (Å²) in [5.41, 5.74) is 26.2. The molecule has 0 radical (unpaired) electrons. The lowest BCUT2D eigenvalue weighted by Crippen LogP contribution is -2.10. The van der Waals surface area contributed by atoms with Crippen LogP contribution in [0.15, 0.2) is 421 Å². The standard InChI is InChI=1S/2C48H34N2O/c1-4-12-35(13-5-1)36-20-26-41(27-21-36)49(39-14-6-2-7-15-39)42-28-22-37(23-29-42)38-24-30-43(31-25-38)50(40-16-8-3-9-17-40)44-32-33-48-46(34-44)45-18-10-11-19-47(45)51-48;1-4-12-35(13-5-1)36-20-26-41(27-21-36)49(39-14-6-2-7-15-39)42-28-22-37(23-29-42)38-24-30-43(31-25-38)50(40-16-8-3-9-17-40)44-32-33-46-45-18-10-11-19-47(45)51-48(46)34-44/h2*1-34H. The Balaban J connectivity index is 0.000000152. The minimum absolute atomic E-state index is 0.878. The van der Waals surface area contributed by atoms with Crippen LogP contribution in [0.4, 0.5) is 68.2 Å². The van der Waals surface area contributed by atoms with Gasteiger partial charge in [-0.05, 0) is 208 Å². The quantitative estimate of drug-likeness (QED) is 0.0960. The van der Waals surface area contributed by atoms with E-state index in [4.69, 9.17) is 8.83 Å². The zero-order chi connectivity index (χ0) is 68.0. The van der Waals surface area contributed by atoms with Gasteiger partial charge in [-0.25, -0.2) is 0 Å². The smallest absolute Gasteiger partial charge is 0.137 e. The van der Waals surface area contributed by atoms with E-state index < -0.39 is 0 Å². The number of fused-ring (bicyclic) bond motifs is 6. The molecule has 6 nitrogen and oxygen atoms in total. The number of hydrogen-bond acceptors (Lipinski definition) is 6. The Morgan fingerprint density at radius 3 is 0.667 bits per heavy atom. The summed E-state index contributed by atoms with van der Waals surface area (Å²) in [6.07, 6.45) is 0. The molecule has 0 fully saturated rings. The minimum Gasteiger partial charge on any atom is -0.456 e. The van der Waals surface area contributed by atoms with Crippen LogP contribution >= 0.6 is 0 Å². The van der Waals surface area contributed by atoms with Crippen molar-refractivity contribution < 1.29 is 8.83 Å². The van der Waals surface area contributed by atoms with E-state index in [0.29, 0.717) is 0 Å². The average Bonchev–Trinajstić information content (AvgIpc) is 1.58. The van der Waals surface area contributed by atoms with E-state index in [1.54, 1.807) is 0 Å². The Labute approximate surface area is 594 Å². The topological polar surface area (TPSA) is 39.2 Å². The van der Waals surface area contributed by atoms with Gasteiger partial charge >= 0.3 is 0 Å². The van der Waals surface area contributed by atoms with E-state index in [1.165, 1.54) is 22.3 Å². The molecule has 2 heterocycles. The van der Waals surface area contributed by atoms with Crippen LogP contribution < -0.4 is 19.6 Å². The molecule has 0 saturated carbocycles. The zero-order valence-electron chi connectivity index (χ0n) is 55.9. The molecule has 18 aromatic rings. The Hall–Kier alpha value is -13.7. The zero-order valence-corrected chi connectivity index (χ0v) is 55.9. The number of nitrogens with zero attached hydrogens (tertiary/aromatic N) is 4. The maximum atomic E-state index is 6.27. The van der Waals surface area contributed by atoms with Gasteiger partial charge < -0.3 is 28.4 Å². The number of rotatable bonds is 16. The molecule has 484 valence electrons. The third-order valence-electron chi connectivity index (χ3n) is 18.9. The molecule has 0 N–H and O–H groups in total. The van der Waals surface area contributed by atoms with Crippen LogP contribution in [0.25, 0.3) is 88.4 Å². The molecule has 0 aliphatic rings. The largest absolute Gasteiger partial charge is 0.456 e. The predicted molar refractivity (Wildman–Crippen MR) is 428 cm³/mol.